The van der Waals surface area contributed by atoms with Crippen molar-refractivity contribution in [1.29, 1.82) is 0 Å². The van der Waals surface area contributed by atoms with Crippen LogP contribution in [0.25, 0.3) is 5.65 Å². The first-order valence-corrected chi connectivity index (χ1v) is 9.64. The van der Waals surface area contributed by atoms with E-state index in [0.29, 0.717) is 22.5 Å². The Morgan fingerprint density at radius 2 is 1.85 bits per heavy atom. The summed E-state index contributed by atoms with van der Waals surface area (Å²) < 4.78 is 1.78. The Morgan fingerprint density at radius 1 is 1.07 bits per heavy atom. The van der Waals surface area contributed by atoms with E-state index in [9.17, 15) is 0 Å². The topological polar surface area (TPSA) is 92.9 Å². The van der Waals surface area contributed by atoms with Gasteiger partial charge in [0.2, 0.25) is 5.65 Å². The molecule has 0 radical (unpaired) electrons. The van der Waals surface area contributed by atoms with Crippen LogP contribution in [0.4, 0.5) is 17.3 Å². The average molecular weight is 389 g/mol. The Morgan fingerprint density at radius 3 is 2.48 bits per heavy atom. The van der Waals surface area contributed by atoms with E-state index in [2.05, 4.69) is 58.5 Å². The number of hydrogen-bond donors (Lipinski definition) is 2. The van der Waals surface area contributed by atoms with Gasteiger partial charge in [-0.15, -0.1) is 15.3 Å². The molecule has 144 valence electrons. The van der Waals surface area contributed by atoms with Gasteiger partial charge in [0.15, 0.2) is 5.82 Å². The van der Waals surface area contributed by atoms with E-state index >= 15 is 0 Å². The predicted octanol–water partition coefficient (Wildman–Crippen LogP) is 4.28. The first-order chi connectivity index (χ1) is 13.0. The van der Waals surface area contributed by atoms with Crippen LogP contribution in [0.1, 0.15) is 52.3 Å². The van der Waals surface area contributed by atoms with Crippen molar-refractivity contribution in [3.05, 3.63) is 29.4 Å². The minimum Gasteiger partial charge on any atom is -0.368 e. The Bertz CT molecular complexity index is 886. The van der Waals surface area contributed by atoms with Crippen molar-refractivity contribution in [2.45, 2.75) is 46.5 Å². The highest BCUT2D eigenvalue weighted by atomic mass is 35.5. The molecule has 0 aromatic carbocycles. The number of halogens is 1. The molecule has 27 heavy (non-hydrogen) atoms. The van der Waals surface area contributed by atoms with Crippen LogP contribution in [0, 0.1) is 5.92 Å². The van der Waals surface area contributed by atoms with E-state index in [0.717, 1.165) is 36.7 Å². The number of nitrogens with one attached hydrogen (secondary N) is 2. The molecule has 0 aliphatic heterocycles. The fraction of sp³-hybridized carbons (Fsp3) is 0.500. The second-order valence-electron chi connectivity index (χ2n) is 6.80. The molecule has 3 rings (SSSR count). The average Bonchev–Trinajstić information content (AvgIpc) is 3.09. The van der Waals surface area contributed by atoms with Crippen LogP contribution in [0.2, 0.25) is 5.15 Å². The van der Waals surface area contributed by atoms with Crippen molar-refractivity contribution >= 4 is 34.6 Å². The molecule has 0 bridgehead atoms. The van der Waals surface area contributed by atoms with Gasteiger partial charge < -0.3 is 10.6 Å². The zero-order chi connectivity index (χ0) is 19.4. The third-order valence-electron chi connectivity index (χ3n) is 4.52. The number of rotatable bonds is 8. The van der Waals surface area contributed by atoms with Crippen molar-refractivity contribution in [3.8, 4) is 0 Å². The zero-order valence-corrected chi connectivity index (χ0v) is 16.8. The Labute approximate surface area is 163 Å². The zero-order valence-electron chi connectivity index (χ0n) is 16.1. The maximum Gasteiger partial charge on any atom is 0.201 e. The van der Waals surface area contributed by atoms with Gasteiger partial charge in [0.25, 0.3) is 0 Å². The minimum absolute atomic E-state index is 0.199. The lowest BCUT2D eigenvalue weighted by Gasteiger charge is -2.15. The summed E-state index contributed by atoms with van der Waals surface area (Å²) >= 11 is 5.82. The molecule has 3 aromatic rings. The molecular weight excluding hydrogens is 364 g/mol. The van der Waals surface area contributed by atoms with E-state index in [1.807, 2.05) is 6.07 Å². The number of hydrogen-bond acceptors (Lipinski definition) is 7. The van der Waals surface area contributed by atoms with Crippen LogP contribution in [0.15, 0.2) is 18.5 Å². The molecule has 0 amide bonds. The van der Waals surface area contributed by atoms with Gasteiger partial charge in [0.05, 0.1) is 18.1 Å². The van der Waals surface area contributed by atoms with Crippen molar-refractivity contribution in [2.24, 2.45) is 5.92 Å². The smallest absolute Gasteiger partial charge is 0.201 e. The highest BCUT2D eigenvalue weighted by molar-refractivity contribution is 6.29. The molecule has 0 aliphatic carbocycles. The third kappa shape index (κ3) is 4.44. The first-order valence-electron chi connectivity index (χ1n) is 9.26. The standard InChI is InChI=1S/C18H25ClN8/c1-5-12(6-2)8-21-15-7-13(23-16-10-20-14(19)9-22-16)18-25-24-17(11(3)4)27(18)26-15/h7,9-12H,5-6,8H2,1-4H3,(H,21,26)(H,22,23). The Hall–Kier alpha value is -2.48. The molecule has 3 aromatic heterocycles. The molecule has 0 atom stereocenters. The van der Waals surface area contributed by atoms with Crippen molar-refractivity contribution in [2.75, 3.05) is 17.2 Å². The summed E-state index contributed by atoms with van der Waals surface area (Å²) in [6.07, 6.45) is 5.33. The number of fused-ring (bicyclic) bond motifs is 1. The van der Waals surface area contributed by atoms with Gasteiger partial charge >= 0.3 is 0 Å². The van der Waals surface area contributed by atoms with Gasteiger partial charge in [-0.2, -0.15) is 4.52 Å². The summed E-state index contributed by atoms with van der Waals surface area (Å²) in [6, 6.07) is 1.92. The van der Waals surface area contributed by atoms with Crippen LogP contribution < -0.4 is 10.6 Å². The largest absolute Gasteiger partial charge is 0.368 e. The molecular formula is C18H25ClN8. The molecule has 0 fully saturated rings. The lowest BCUT2D eigenvalue weighted by atomic mass is 10.0. The third-order valence-corrected chi connectivity index (χ3v) is 4.72. The molecule has 3 heterocycles. The number of aromatic nitrogens is 6. The lowest BCUT2D eigenvalue weighted by molar-refractivity contribution is 0.518. The maximum atomic E-state index is 5.82. The Kier molecular flexibility index (Phi) is 6.05. The van der Waals surface area contributed by atoms with E-state index in [-0.39, 0.29) is 5.92 Å². The monoisotopic (exact) mass is 388 g/mol. The predicted molar refractivity (Wildman–Crippen MR) is 108 cm³/mol. The second-order valence-corrected chi connectivity index (χ2v) is 7.19. The maximum absolute atomic E-state index is 5.82. The van der Waals surface area contributed by atoms with Crippen LogP contribution in [-0.2, 0) is 0 Å². The SMILES string of the molecule is CCC(CC)CNc1cc(Nc2cnc(Cl)cn2)c2nnc(C(C)C)n2n1. The second kappa shape index (κ2) is 8.47. The lowest BCUT2D eigenvalue weighted by Crippen LogP contribution is -2.15. The van der Waals surface area contributed by atoms with Crippen molar-refractivity contribution in [3.63, 3.8) is 0 Å². The highest BCUT2D eigenvalue weighted by Crippen LogP contribution is 2.25. The first kappa shape index (κ1) is 19.3. The molecule has 8 nitrogen and oxygen atoms in total. The van der Waals surface area contributed by atoms with Gasteiger partial charge in [0.1, 0.15) is 16.8 Å². The number of anilines is 3. The van der Waals surface area contributed by atoms with Crippen LogP contribution in [-0.4, -0.2) is 36.3 Å². The van der Waals surface area contributed by atoms with Crippen molar-refractivity contribution in [1.82, 2.24) is 29.8 Å². The van der Waals surface area contributed by atoms with Crippen molar-refractivity contribution < 1.29 is 0 Å². The minimum atomic E-state index is 0.199. The summed E-state index contributed by atoms with van der Waals surface area (Å²) in [4.78, 5) is 8.31. The fourth-order valence-electron chi connectivity index (χ4n) is 2.78. The van der Waals surface area contributed by atoms with E-state index < -0.39 is 0 Å². The summed E-state index contributed by atoms with van der Waals surface area (Å²) in [5.41, 5.74) is 1.40. The van der Waals surface area contributed by atoms with Gasteiger partial charge in [-0.3, -0.25) is 0 Å². The van der Waals surface area contributed by atoms with Gasteiger partial charge in [-0.05, 0) is 5.92 Å². The molecule has 0 aliphatic rings. The summed E-state index contributed by atoms with van der Waals surface area (Å²) in [5.74, 6) is 2.95. The molecule has 0 saturated carbocycles. The van der Waals surface area contributed by atoms with Crippen LogP contribution in [0.5, 0.6) is 0 Å². The normalized spacial score (nSPS) is 11.5. The van der Waals surface area contributed by atoms with Crippen LogP contribution in [0.3, 0.4) is 0 Å². The van der Waals surface area contributed by atoms with Gasteiger partial charge in [-0.25, -0.2) is 9.97 Å². The van der Waals surface area contributed by atoms with E-state index in [4.69, 9.17) is 16.7 Å². The Balaban J connectivity index is 1.97. The van der Waals surface area contributed by atoms with E-state index in [1.165, 1.54) is 6.20 Å². The molecule has 0 unspecified atom stereocenters. The highest BCUT2D eigenvalue weighted by Gasteiger charge is 2.16. The number of nitrogens with zero attached hydrogens (tertiary/aromatic N) is 6. The molecule has 0 saturated heterocycles. The molecule has 2 N–H and O–H groups in total. The molecule has 0 spiro atoms. The quantitative estimate of drug-likeness (QED) is 0.594. The summed E-state index contributed by atoms with van der Waals surface area (Å²) in [5, 5.41) is 20.3. The molecule has 9 heteroatoms. The summed E-state index contributed by atoms with van der Waals surface area (Å²) in [6.45, 7) is 9.41. The van der Waals surface area contributed by atoms with Gasteiger partial charge in [-0.1, -0.05) is 52.1 Å². The van der Waals surface area contributed by atoms with Gasteiger partial charge in [0, 0.05) is 18.5 Å². The van der Waals surface area contributed by atoms with Crippen LogP contribution >= 0.6 is 11.6 Å². The fourth-order valence-corrected chi connectivity index (χ4v) is 2.87. The van der Waals surface area contributed by atoms with E-state index in [1.54, 1.807) is 10.7 Å². The summed E-state index contributed by atoms with van der Waals surface area (Å²) in [7, 11) is 0.